The highest BCUT2D eigenvalue weighted by Crippen LogP contribution is 2.00. The molecule has 1 aromatic heterocycles. The maximum absolute atomic E-state index is 9.59. The molecule has 1 rings (SSSR count). The van der Waals surface area contributed by atoms with Crippen molar-refractivity contribution in [3.05, 3.63) is 30.1 Å². The Morgan fingerprint density at radius 3 is 2.75 bits per heavy atom. The van der Waals surface area contributed by atoms with Crippen LogP contribution in [0.25, 0.3) is 0 Å². The number of nitrogens with two attached hydrogens (primary N) is 1. The zero-order valence-corrected chi connectivity index (χ0v) is 9.84. The smallest absolute Gasteiger partial charge is 0.0679 e. The fraction of sp³-hybridized carbons (Fsp3) is 0.583. The Hall–Kier alpha value is -0.970. The molecule has 3 N–H and O–H groups in total. The zero-order valence-electron chi connectivity index (χ0n) is 9.84. The first kappa shape index (κ1) is 13.1. The summed E-state index contributed by atoms with van der Waals surface area (Å²) in [6, 6.07) is 4.04. The maximum Gasteiger partial charge on any atom is 0.0679 e. The molecule has 1 heterocycles. The largest absolute Gasteiger partial charge is 0.392 e. The quantitative estimate of drug-likeness (QED) is 0.696. The first-order valence-corrected chi connectivity index (χ1v) is 5.68. The molecule has 0 aliphatic heterocycles. The Balaban J connectivity index is 2.22. The molecule has 16 heavy (non-hydrogen) atoms. The lowest BCUT2D eigenvalue weighted by atomic mass is 10.2. The summed E-state index contributed by atoms with van der Waals surface area (Å²) in [4.78, 5) is 6.10. The van der Waals surface area contributed by atoms with Crippen LogP contribution < -0.4 is 5.73 Å². The highest BCUT2D eigenvalue weighted by molar-refractivity contribution is 5.09. The molecule has 1 unspecified atom stereocenters. The molecule has 90 valence electrons. The van der Waals surface area contributed by atoms with Gasteiger partial charge in [-0.3, -0.25) is 4.98 Å². The molecule has 1 atom stereocenters. The first-order chi connectivity index (χ1) is 7.72. The van der Waals surface area contributed by atoms with E-state index in [0.29, 0.717) is 19.5 Å². The van der Waals surface area contributed by atoms with Gasteiger partial charge in [0.15, 0.2) is 0 Å². The highest BCUT2D eigenvalue weighted by atomic mass is 16.3. The van der Waals surface area contributed by atoms with E-state index in [2.05, 4.69) is 9.88 Å². The zero-order chi connectivity index (χ0) is 11.8. The third-order valence-corrected chi connectivity index (χ3v) is 2.55. The van der Waals surface area contributed by atoms with Crippen LogP contribution in [0.2, 0.25) is 0 Å². The predicted octanol–water partition coefficient (Wildman–Crippen LogP) is 0.266. The minimum Gasteiger partial charge on any atom is -0.392 e. The monoisotopic (exact) mass is 223 g/mol. The predicted molar refractivity (Wildman–Crippen MR) is 65.1 cm³/mol. The molecule has 0 amide bonds. The molecule has 0 saturated carbocycles. The van der Waals surface area contributed by atoms with E-state index in [1.807, 2.05) is 19.2 Å². The molecule has 0 bridgehead atoms. The van der Waals surface area contributed by atoms with Crippen molar-refractivity contribution in [1.82, 2.24) is 9.88 Å². The lowest BCUT2D eigenvalue weighted by Crippen LogP contribution is -2.32. The van der Waals surface area contributed by atoms with Crippen LogP contribution in [-0.4, -0.2) is 47.8 Å². The molecule has 0 fully saturated rings. The van der Waals surface area contributed by atoms with Crippen molar-refractivity contribution in [3.8, 4) is 0 Å². The molecular weight excluding hydrogens is 202 g/mol. The SMILES string of the molecule is CN(CCc1ccncc1)CC(O)CCN. The molecule has 1 aromatic rings. The lowest BCUT2D eigenvalue weighted by Gasteiger charge is -2.20. The maximum atomic E-state index is 9.59. The van der Waals surface area contributed by atoms with Crippen molar-refractivity contribution < 1.29 is 5.11 Å². The van der Waals surface area contributed by atoms with Gasteiger partial charge in [-0.05, 0) is 44.1 Å². The van der Waals surface area contributed by atoms with Gasteiger partial charge in [-0.15, -0.1) is 0 Å². The van der Waals surface area contributed by atoms with Gasteiger partial charge in [0.25, 0.3) is 0 Å². The molecular formula is C12H21N3O. The van der Waals surface area contributed by atoms with Crippen LogP contribution in [-0.2, 0) is 6.42 Å². The second-order valence-electron chi connectivity index (χ2n) is 4.10. The van der Waals surface area contributed by atoms with Crippen molar-refractivity contribution >= 4 is 0 Å². The Kier molecular flexibility index (Phi) is 6.00. The molecule has 0 saturated heterocycles. The number of pyridine rings is 1. The van der Waals surface area contributed by atoms with Gasteiger partial charge in [0, 0.05) is 25.5 Å². The number of nitrogens with zero attached hydrogens (tertiary/aromatic N) is 2. The van der Waals surface area contributed by atoms with Gasteiger partial charge in [0.1, 0.15) is 0 Å². The van der Waals surface area contributed by atoms with E-state index in [0.717, 1.165) is 13.0 Å². The summed E-state index contributed by atoms with van der Waals surface area (Å²) in [7, 11) is 2.01. The molecule has 0 radical (unpaired) electrons. The standard InChI is InChI=1S/C12H21N3O/c1-15(10-12(16)2-6-13)9-5-11-3-7-14-8-4-11/h3-4,7-8,12,16H,2,5-6,9-10,13H2,1H3. The van der Waals surface area contributed by atoms with E-state index in [1.165, 1.54) is 5.56 Å². The average molecular weight is 223 g/mol. The number of aromatic nitrogens is 1. The summed E-state index contributed by atoms with van der Waals surface area (Å²) >= 11 is 0. The average Bonchev–Trinajstić information content (AvgIpc) is 2.28. The molecule has 4 nitrogen and oxygen atoms in total. The summed E-state index contributed by atoms with van der Waals surface area (Å²) in [5, 5.41) is 9.59. The van der Waals surface area contributed by atoms with Gasteiger partial charge < -0.3 is 15.7 Å². The summed E-state index contributed by atoms with van der Waals surface area (Å²) in [6.45, 7) is 2.16. The van der Waals surface area contributed by atoms with E-state index < -0.39 is 0 Å². The Morgan fingerprint density at radius 2 is 2.12 bits per heavy atom. The Labute approximate surface area is 97.1 Å². The molecule has 4 heteroatoms. The van der Waals surface area contributed by atoms with Gasteiger partial charge in [0.05, 0.1) is 6.10 Å². The van der Waals surface area contributed by atoms with Gasteiger partial charge in [0.2, 0.25) is 0 Å². The van der Waals surface area contributed by atoms with Crippen molar-refractivity contribution in [2.75, 3.05) is 26.7 Å². The summed E-state index contributed by atoms with van der Waals surface area (Å²) < 4.78 is 0. The number of rotatable bonds is 7. The molecule has 0 aliphatic rings. The van der Waals surface area contributed by atoms with Crippen LogP contribution >= 0.6 is 0 Å². The normalized spacial score (nSPS) is 13.0. The van der Waals surface area contributed by atoms with Crippen molar-refractivity contribution in [2.24, 2.45) is 5.73 Å². The minimum absolute atomic E-state index is 0.313. The molecule has 0 spiro atoms. The fourth-order valence-corrected chi connectivity index (χ4v) is 1.60. The number of aliphatic hydroxyl groups is 1. The van der Waals surface area contributed by atoms with Gasteiger partial charge in [-0.1, -0.05) is 0 Å². The second kappa shape index (κ2) is 7.33. The second-order valence-corrected chi connectivity index (χ2v) is 4.10. The van der Waals surface area contributed by atoms with E-state index in [1.54, 1.807) is 12.4 Å². The highest BCUT2D eigenvalue weighted by Gasteiger charge is 2.06. The van der Waals surface area contributed by atoms with Crippen molar-refractivity contribution in [1.29, 1.82) is 0 Å². The van der Waals surface area contributed by atoms with Gasteiger partial charge in [-0.2, -0.15) is 0 Å². The molecule has 0 aliphatic carbocycles. The van der Waals surface area contributed by atoms with Crippen molar-refractivity contribution in [3.63, 3.8) is 0 Å². The topological polar surface area (TPSA) is 62.4 Å². The minimum atomic E-state index is -0.313. The summed E-state index contributed by atoms with van der Waals surface area (Å²) in [5.41, 5.74) is 6.66. The Morgan fingerprint density at radius 1 is 1.44 bits per heavy atom. The first-order valence-electron chi connectivity index (χ1n) is 5.68. The van der Waals surface area contributed by atoms with E-state index in [-0.39, 0.29) is 6.10 Å². The van der Waals surface area contributed by atoms with Crippen LogP contribution in [0.15, 0.2) is 24.5 Å². The van der Waals surface area contributed by atoms with E-state index in [4.69, 9.17) is 5.73 Å². The van der Waals surface area contributed by atoms with Crippen LogP contribution in [0.1, 0.15) is 12.0 Å². The van der Waals surface area contributed by atoms with E-state index in [9.17, 15) is 5.11 Å². The number of hydrogen-bond acceptors (Lipinski definition) is 4. The van der Waals surface area contributed by atoms with Crippen LogP contribution in [0.5, 0.6) is 0 Å². The van der Waals surface area contributed by atoms with Crippen LogP contribution in [0.3, 0.4) is 0 Å². The van der Waals surface area contributed by atoms with Crippen LogP contribution in [0, 0.1) is 0 Å². The summed E-state index contributed by atoms with van der Waals surface area (Å²) in [5.74, 6) is 0. The van der Waals surface area contributed by atoms with E-state index >= 15 is 0 Å². The number of hydrogen-bond donors (Lipinski definition) is 2. The van der Waals surface area contributed by atoms with Gasteiger partial charge >= 0.3 is 0 Å². The van der Waals surface area contributed by atoms with Gasteiger partial charge in [-0.25, -0.2) is 0 Å². The third kappa shape index (κ3) is 5.21. The molecule has 0 aromatic carbocycles. The Bertz CT molecular complexity index is 279. The van der Waals surface area contributed by atoms with Crippen LogP contribution in [0.4, 0.5) is 0 Å². The summed E-state index contributed by atoms with van der Waals surface area (Å²) in [6.07, 6.45) is 4.94. The fourth-order valence-electron chi connectivity index (χ4n) is 1.60. The lowest BCUT2D eigenvalue weighted by molar-refractivity contribution is 0.120. The number of likely N-dealkylation sites (N-methyl/N-ethyl adjacent to an activating group) is 1. The van der Waals surface area contributed by atoms with Crippen molar-refractivity contribution in [2.45, 2.75) is 18.9 Å². The third-order valence-electron chi connectivity index (χ3n) is 2.55. The number of aliphatic hydroxyl groups excluding tert-OH is 1.